The van der Waals surface area contributed by atoms with Gasteiger partial charge in [-0.3, -0.25) is 10.1 Å². The molecule has 1 aliphatic heterocycles. The number of hydrogen-bond acceptors (Lipinski definition) is 6. The Bertz CT molecular complexity index is 1260. The average molecular weight is 405 g/mol. The van der Waals surface area contributed by atoms with Crippen molar-refractivity contribution in [3.8, 4) is 17.1 Å². The molecule has 1 atom stereocenters. The van der Waals surface area contributed by atoms with Crippen LogP contribution in [0.25, 0.3) is 21.5 Å². The van der Waals surface area contributed by atoms with Crippen LogP contribution in [0.1, 0.15) is 34.1 Å². The molecule has 4 aromatic rings. The summed E-state index contributed by atoms with van der Waals surface area (Å²) in [5.74, 6) is 1.11. The molecule has 0 unspecified atom stereocenters. The summed E-state index contributed by atoms with van der Waals surface area (Å²) in [4.78, 5) is 17.2. The second kappa shape index (κ2) is 6.70. The number of benzene rings is 2. The Labute approximate surface area is 171 Å². The Hall–Kier alpha value is -3.19. The van der Waals surface area contributed by atoms with Crippen LogP contribution in [0.5, 0.6) is 5.75 Å². The number of thiazole rings is 1. The molecule has 0 fully saturated rings. The maximum atomic E-state index is 12.6. The number of anilines is 1. The van der Waals surface area contributed by atoms with Crippen LogP contribution in [0.2, 0.25) is 0 Å². The fourth-order valence-electron chi connectivity index (χ4n) is 3.68. The molecule has 0 saturated heterocycles. The molecule has 7 heteroatoms. The Balaban J connectivity index is 1.37. The quantitative estimate of drug-likeness (QED) is 0.510. The van der Waals surface area contributed by atoms with Crippen LogP contribution in [0.3, 0.4) is 0 Å². The standard InChI is InChI=1S/C22H19N3O3S/c1-11-6-12(2)20-19(7-11)29-22(23-20)24-21(26)16-10-18(28-25-16)14-4-5-17-15(9-14)8-13(3)27-17/h4-7,9-10,13H,8H2,1-3H3,(H,23,24,26)/t13-/m0/s1. The van der Waals surface area contributed by atoms with E-state index in [0.717, 1.165) is 39.1 Å². The number of fused-ring (bicyclic) bond motifs is 2. The second-order valence-electron chi connectivity index (χ2n) is 7.43. The second-order valence-corrected chi connectivity index (χ2v) is 8.46. The van der Waals surface area contributed by atoms with E-state index < -0.39 is 0 Å². The normalized spacial score (nSPS) is 15.3. The van der Waals surface area contributed by atoms with Gasteiger partial charge >= 0.3 is 0 Å². The lowest BCUT2D eigenvalue weighted by Gasteiger charge is -2.02. The van der Waals surface area contributed by atoms with Gasteiger partial charge in [-0.25, -0.2) is 4.98 Å². The smallest absolute Gasteiger partial charge is 0.279 e. The fraction of sp³-hybridized carbons (Fsp3) is 0.227. The van der Waals surface area contributed by atoms with E-state index in [-0.39, 0.29) is 17.7 Å². The first-order valence-corrected chi connectivity index (χ1v) is 10.2. The predicted octanol–water partition coefficient (Wildman–Crippen LogP) is 5.14. The molecule has 2 aromatic carbocycles. The zero-order valence-electron chi connectivity index (χ0n) is 16.3. The van der Waals surface area contributed by atoms with Crippen molar-refractivity contribution < 1.29 is 14.1 Å². The number of amides is 1. The first-order valence-electron chi connectivity index (χ1n) is 9.42. The van der Waals surface area contributed by atoms with Gasteiger partial charge < -0.3 is 9.26 Å². The summed E-state index contributed by atoms with van der Waals surface area (Å²) in [6.45, 7) is 6.11. The van der Waals surface area contributed by atoms with E-state index in [0.29, 0.717) is 10.9 Å². The Morgan fingerprint density at radius 2 is 2.07 bits per heavy atom. The number of aryl methyl sites for hydroxylation is 2. The Kier molecular flexibility index (Phi) is 4.13. The molecule has 5 rings (SSSR count). The number of carbonyl (C=O) groups excluding carboxylic acids is 1. The number of ether oxygens (including phenoxy) is 1. The van der Waals surface area contributed by atoms with E-state index in [1.54, 1.807) is 6.07 Å². The van der Waals surface area contributed by atoms with Crippen molar-refractivity contribution in [2.45, 2.75) is 33.3 Å². The summed E-state index contributed by atoms with van der Waals surface area (Å²) < 4.78 is 12.2. The van der Waals surface area contributed by atoms with Gasteiger partial charge in [-0.05, 0) is 61.7 Å². The molecule has 29 heavy (non-hydrogen) atoms. The van der Waals surface area contributed by atoms with E-state index in [9.17, 15) is 4.79 Å². The number of rotatable bonds is 3. The van der Waals surface area contributed by atoms with E-state index >= 15 is 0 Å². The van der Waals surface area contributed by atoms with Crippen molar-refractivity contribution in [2.24, 2.45) is 0 Å². The average Bonchev–Trinajstić information content (AvgIpc) is 3.37. The summed E-state index contributed by atoms with van der Waals surface area (Å²) in [5.41, 5.74) is 5.41. The number of nitrogens with zero attached hydrogens (tertiary/aromatic N) is 2. The van der Waals surface area contributed by atoms with Crippen LogP contribution in [-0.2, 0) is 6.42 Å². The van der Waals surface area contributed by atoms with Gasteiger partial charge in [-0.1, -0.05) is 22.6 Å². The van der Waals surface area contributed by atoms with Crippen LogP contribution >= 0.6 is 11.3 Å². The highest BCUT2D eigenvalue weighted by atomic mass is 32.1. The molecule has 0 aliphatic carbocycles. The molecule has 146 valence electrons. The molecule has 0 saturated carbocycles. The molecule has 1 amide bonds. The minimum Gasteiger partial charge on any atom is -0.490 e. The van der Waals surface area contributed by atoms with Gasteiger partial charge in [0.1, 0.15) is 11.9 Å². The third kappa shape index (κ3) is 3.27. The van der Waals surface area contributed by atoms with Gasteiger partial charge in [0, 0.05) is 18.1 Å². The SMILES string of the molecule is Cc1cc(C)c2nc(NC(=O)c3cc(-c4ccc5c(c4)C[C@H](C)O5)on3)sc2c1. The van der Waals surface area contributed by atoms with Gasteiger partial charge in [-0.2, -0.15) is 0 Å². The largest absolute Gasteiger partial charge is 0.490 e. The summed E-state index contributed by atoms with van der Waals surface area (Å²) in [5, 5.41) is 7.32. The molecule has 2 aromatic heterocycles. The summed E-state index contributed by atoms with van der Waals surface area (Å²) >= 11 is 1.45. The monoisotopic (exact) mass is 405 g/mol. The van der Waals surface area contributed by atoms with Gasteiger partial charge in [0.05, 0.1) is 10.2 Å². The molecule has 0 spiro atoms. The van der Waals surface area contributed by atoms with Crippen molar-refractivity contribution in [3.63, 3.8) is 0 Å². The molecule has 6 nitrogen and oxygen atoms in total. The first kappa shape index (κ1) is 17.9. The lowest BCUT2D eigenvalue weighted by Crippen LogP contribution is -2.11. The van der Waals surface area contributed by atoms with Crippen molar-refractivity contribution in [3.05, 3.63) is 58.8 Å². The Morgan fingerprint density at radius 1 is 1.21 bits per heavy atom. The van der Waals surface area contributed by atoms with Crippen molar-refractivity contribution >= 4 is 32.6 Å². The molecule has 1 aliphatic rings. The lowest BCUT2D eigenvalue weighted by atomic mass is 10.1. The summed E-state index contributed by atoms with van der Waals surface area (Å²) in [7, 11) is 0. The maximum Gasteiger partial charge on any atom is 0.279 e. The maximum absolute atomic E-state index is 12.6. The fourth-order valence-corrected chi connectivity index (χ4v) is 4.72. The minimum absolute atomic E-state index is 0.178. The summed E-state index contributed by atoms with van der Waals surface area (Å²) in [6, 6.07) is 11.7. The number of carbonyl (C=O) groups is 1. The zero-order chi connectivity index (χ0) is 20.1. The van der Waals surface area contributed by atoms with Crippen LogP contribution in [0.15, 0.2) is 40.9 Å². The molecule has 0 bridgehead atoms. The lowest BCUT2D eigenvalue weighted by molar-refractivity contribution is 0.101. The third-order valence-electron chi connectivity index (χ3n) is 4.97. The highest BCUT2D eigenvalue weighted by Crippen LogP contribution is 2.33. The molecular weight excluding hydrogens is 386 g/mol. The molecule has 1 N–H and O–H groups in total. The van der Waals surface area contributed by atoms with E-state index in [1.165, 1.54) is 16.9 Å². The molecular formula is C22H19N3O3S. The number of aromatic nitrogens is 2. The summed E-state index contributed by atoms with van der Waals surface area (Å²) in [6.07, 6.45) is 1.04. The highest BCUT2D eigenvalue weighted by molar-refractivity contribution is 7.22. The van der Waals surface area contributed by atoms with Crippen LogP contribution in [-0.4, -0.2) is 22.2 Å². The van der Waals surface area contributed by atoms with Crippen LogP contribution in [0.4, 0.5) is 5.13 Å². The van der Waals surface area contributed by atoms with Crippen LogP contribution < -0.4 is 10.1 Å². The Morgan fingerprint density at radius 3 is 2.93 bits per heavy atom. The zero-order valence-corrected chi connectivity index (χ0v) is 17.1. The van der Waals surface area contributed by atoms with Gasteiger partial charge in [0.25, 0.3) is 5.91 Å². The molecule has 0 radical (unpaired) electrons. The minimum atomic E-state index is -0.341. The van der Waals surface area contributed by atoms with Crippen molar-refractivity contribution in [1.29, 1.82) is 0 Å². The highest BCUT2D eigenvalue weighted by Gasteiger charge is 2.21. The first-order chi connectivity index (χ1) is 14.0. The van der Waals surface area contributed by atoms with E-state index in [2.05, 4.69) is 27.6 Å². The van der Waals surface area contributed by atoms with Crippen molar-refractivity contribution in [1.82, 2.24) is 10.1 Å². The van der Waals surface area contributed by atoms with Gasteiger partial charge in [0.2, 0.25) is 0 Å². The van der Waals surface area contributed by atoms with E-state index in [4.69, 9.17) is 9.26 Å². The third-order valence-corrected chi connectivity index (χ3v) is 5.89. The van der Waals surface area contributed by atoms with Crippen molar-refractivity contribution in [2.75, 3.05) is 5.32 Å². The van der Waals surface area contributed by atoms with Gasteiger partial charge in [0.15, 0.2) is 16.6 Å². The predicted molar refractivity (Wildman–Crippen MR) is 113 cm³/mol. The van der Waals surface area contributed by atoms with Gasteiger partial charge in [-0.15, -0.1) is 0 Å². The number of hydrogen-bond donors (Lipinski definition) is 1. The van der Waals surface area contributed by atoms with Crippen LogP contribution in [0, 0.1) is 13.8 Å². The number of nitrogens with one attached hydrogen (secondary N) is 1. The molecule has 3 heterocycles. The van der Waals surface area contributed by atoms with E-state index in [1.807, 2.05) is 39.0 Å². The topological polar surface area (TPSA) is 77.2 Å².